The molecule has 0 spiro atoms. The second kappa shape index (κ2) is 4.36. The summed E-state index contributed by atoms with van der Waals surface area (Å²) in [7, 11) is -3.04. The van der Waals surface area contributed by atoms with Gasteiger partial charge in [-0.2, -0.15) is 0 Å². The van der Waals surface area contributed by atoms with Crippen LogP contribution < -0.4 is 10.5 Å². The lowest BCUT2D eigenvalue weighted by Gasteiger charge is -2.14. The molecule has 1 heterocycles. The maximum Gasteiger partial charge on any atom is 0.208 e. The molecular formula is C7H17N3O2S. The Kier molecular flexibility index (Phi) is 3.66. The topological polar surface area (TPSA) is 75.4 Å². The molecule has 1 rings (SSSR count). The van der Waals surface area contributed by atoms with E-state index in [9.17, 15) is 8.42 Å². The van der Waals surface area contributed by atoms with Crippen LogP contribution in [-0.4, -0.2) is 51.8 Å². The Morgan fingerprint density at radius 3 is 2.77 bits per heavy atom. The predicted octanol–water partition coefficient (Wildman–Crippen LogP) is -1.43. The van der Waals surface area contributed by atoms with Gasteiger partial charge < -0.3 is 10.6 Å². The van der Waals surface area contributed by atoms with Crippen molar-refractivity contribution in [2.24, 2.45) is 5.73 Å². The molecule has 1 aliphatic heterocycles. The molecule has 0 amide bonds. The molecule has 0 aromatic heterocycles. The van der Waals surface area contributed by atoms with Crippen molar-refractivity contribution < 1.29 is 8.42 Å². The van der Waals surface area contributed by atoms with E-state index in [4.69, 9.17) is 5.73 Å². The number of sulfonamides is 1. The Morgan fingerprint density at radius 2 is 2.31 bits per heavy atom. The number of nitrogens with zero attached hydrogens (tertiary/aromatic N) is 1. The van der Waals surface area contributed by atoms with Crippen molar-refractivity contribution in [1.82, 2.24) is 9.62 Å². The van der Waals surface area contributed by atoms with Crippen LogP contribution in [0.4, 0.5) is 0 Å². The monoisotopic (exact) mass is 207 g/mol. The van der Waals surface area contributed by atoms with Crippen LogP contribution in [0.1, 0.15) is 6.42 Å². The molecule has 1 fully saturated rings. The SMILES string of the molecule is CS(=O)(=O)NCCN1CC[C@H](N)C1. The van der Waals surface area contributed by atoms with Gasteiger partial charge >= 0.3 is 0 Å². The molecule has 3 N–H and O–H groups in total. The van der Waals surface area contributed by atoms with Crippen LogP contribution in [0.5, 0.6) is 0 Å². The number of hydrogen-bond donors (Lipinski definition) is 2. The fourth-order valence-electron chi connectivity index (χ4n) is 1.45. The Bertz CT molecular complexity index is 252. The van der Waals surface area contributed by atoms with E-state index >= 15 is 0 Å². The summed E-state index contributed by atoms with van der Waals surface area (Å²) in [5, 5.41) is 0. The molecule has 5 nitrogen and oxygen atoms in total. The molecule has 0 aliphatic carbocycles. The summed E-state index contributed by atoms with van der Waals surface area (Å²) in [4.78, 5) is 2.17. The third-order valence-electron chi connectivity index (χ3n) is 2.10. The normalized spacial score (nSPS) is 25.2. The number of likely N-dealkylation sites (tertiary alicyclic amines) is 1. The van der Waals surface area contributed by atoms with Gasteiger partial charge in [-0.05, 0) is 13.0 Å². The number of rotatable bonds is 4. The molecular weight excluding hydrogens is 190 g/mol. The van der Waals surface area contributed by atoms with E-state index in [2.05, 4.69) is 9.62 Å². The van der Waals surface area contributed by atoms with Gasteiger partial charge in [0.05, 0.1) is 6.26 Å². The van der Waals surface area contributed by atoms with Crippen molar-refractivity contribution in [1.29, 1.82) is 0 Å². The highest BCUT2D eigenvalue weighted by Crippen LogP contribution is 2.04. The summed E-state index contributed by atoms with van der Waals surface area (Å²) in [5.74, 6) is 0. The van der Waals surface area contributed by atoms with Crippen LogP contribution in [0.2, 0.25) is 0 Å². The van der Waals surface area contributed by atoms with E-state index in [0.717, 1.165) is 26.1 Å². The summed E-state index contributed by atoms with van der Waals surface area (Å²) in [6.45, 7) is 3.09. The van der Waals surface area contributed by atoms with Gasteiger partial charge in [0.1, 0.15) is 0 Å². The first kappa shape index (κ1) is 10.9. The molecule has 1 saturated heterocycles. The molecule has 0 radical (unpaired) electrons. The summed E-state index contributed by atoms with van der Waals surface area (Å²) in [6, 6.07) is 0.262. The van der Waals surface area contributed by atoms with E-state index < -0.39 is 10.0 Å². The predicted molar refractivity (Wildman–Crippen MR) is 51.9 cm³/mol. The number of nitrogens with two attached hydrogens (primary N) is 1. The molecule has 0 saturated carbocycles. The maximum atomic E-state index is 10.7. The van der Waals surface area contributed by atoms with E-state index in [-0.39, 0.29) is 6.04 Å². The molecule has 78 valence electrons. The van der Waals surface area contributed by atoms with Crippen LogP contribution in [-0.2, 0) is 10.0 Å². The van der Waals surface area contributed by atoms with Crippen molar-refractivity contribution >= 4 is 10.0 Å². The smallest absolute Gasteiger partial charge is 0.208 e. The lowest BCUT2D eigenvalue weighted by molar-refractivity contribution is 0.339. The minimum absolute atomic E-state index is 0.262. The van der Waals surface area contributed by atoms with Crippen LogP contribution in [0.15, 0.2) is 0 Å². The van der Waals surface area contributed by atoms with Gasteiger partial charge in [-0.15, -0.1) is 0 Å². The highest BCUT2D eigenvalue weighted by molar-refractivity contribution is 7.88. The van der Waals surface area contributed by atoms with Crippen molar-refractivity contribution in [2.75, 3.05) is 32.4 Å². The van der Waals surface area contributed by atoms with Gasteiger partial charge in [-0.3, -0.25) is 0 Å². The number of hydrogen-bond acceptors (Lipinski definition) is 4. The lowest BCUT2D eigenvalue weighted by Crippen LogP contribution is -2.34. The molecule has 1 aliphatic rings. The van der Waals surface area contributed by atoms with Crippen LogP contribution in [0.25, 0.3) is 0 Å². The van der Waals surface area contributed by atoms with Gasteiger partial charge in [0.15, 0.2) is 0 Å². The first-order valence-corrected chi connectivity index (χ1v) is 6.29. The molecule has 1 atom stereocenters. The molecule has 0 aromatic rings. The van der Waals surface area contributed by atoms with E-state index in [0.29, 0.717) is 6.54 Å². The summed E-state index contributed by atoms with van der Waals surface area (Å²) in [5.41, 5.74) is 5.70. The summed E-state index contributed by atoms with van der Waals surface area (Å²) >= 11 is 0. The molecule has 0 bridgehead atoms. The summed E-state index contributed by atoms with van der Waals surface area (Å²) < 4.78 is 23.9. The second-order valence-electron chi connectivity index (χ2n) is 3.52. The summed E-state index contributed by atoms with van der Waals surface area (Å²) in [6.07, 6.45) is 2.18. The van der Waals surface area contributed by atoms with Crippen LogP contribution >= 0.6 is 0 Å². The minimum atomic E-state index is -3.04. The quantitative estimate of drug-likeness (QED) is 0.592. The average Bonchev–Trinajstić information content (AvgIpc) is 2.33. The van der Waals surface area contributed by atoms with Crippen molar-refractivity contribution in [3.8, 4) is 0 Å². The maximum absolute atomic E-state index is 10.7. The van der Waals surface area contributed by atoms with Crippen LogP contribution in [0.3, 0.4) is 0 Å². The van der Waals surface area contributed by atoms with Crippen molar-refractivity contribution in [3.05, 3.63) is 0 Å². The van der Waals surface area contributed by atoms with E-state index in [1.54, 1.807) is 0 Å². The van der Waals surface area contributed by atoms with Crippen molar-refractivity contribution in [3.63, 3.8) is 0 Å². The Balaban J connectivity index is 2.14. The average molecular weight is 207 g/mol. The molecule has 13 heavy (non-hydrogen) atoms. The van der Waals surface area contributed by atoms with Crippen LogP contribution in [0, 0.1) is 0 Å². The largest absolute Gasteiger partial charge is 0.326 e. The highest BCUT2D eigenvalue weighted by Gasteiger charge is 2.18. The zero-order valence-corrected chi connectivity index (χ0v) is 8.68. The van der Waals surface area contributed by atoms with Gasteiger partial charge in [-0.25, -0.2) is 13.1 Å². The zero-order valence-electron chi connectivity index (χ0n) is 7.86. The third kappa shape index (κ3) is 4.56. The van der Waals surface area contributed by atoms with E-state index in [1.165, 1.54) is 6.26 Å². The van der Waals surface area contributed by atoms with Gasteiger partial charge in [-0.1, -0.05) is 0 Å². The first-order chi connectivity index (χ1) is 5.97. The van der Waals surface area contributed by atoms with Gasteiger partial charge in [0.2, 0.25) is 10.0 Å². The molecule has 0 unspecified atom stereocenters. The standard InChI is InChI=1S/C7H17N3O2S/c1-13(11,12)9-3-5-10-4-2-7(8)6-10/h7,9H,2-6,8H2,1H3/t7-/m0/s1. The van der Waals surface area contributed by atoms with Gasteiger partial charge in [0.25, 0.3) is 0 Å². The Labute approximate surface area is 79.3 Å². The fraction of sp³-hybridized carbons (Fsp3) is 1.00. The second-order valence-corrected chi connectivity index (χ2v) is 5.35. The lowest BCUT2D eigenvalue weighted by atomic mass is 10.3. The zero-order chi connectivity index (χ0) is 9.90. The van der Waals surface area contributed by atoms with E-state index in [1.807, 2.05) is 0 Å². The third-order valence-corrected chi connectivity index (χ3v) is 2.83. The molecule has 6 heteroatoms. The number of nitrogens with one attached hydrogen (secondary N) is 1. The highest BCUT2D eigenvalue weighted by atomic mass is 32.2. The first-order valence-electron chi connectivity index (χ1n) is 4.40. The minimum Gasteiger partial charge on any atom is -0.326 e. The Morgan fingerprint density at radius 1 is 1.62 bits per heavy atom. The molecule has 0 aromatic carbocycles. The Hall–Kier alpha value is -0.170. The van der Waals surface area contributed by atoms with Crippen molar-refractivity contribution in [2.45, 2.75) is 12.5 Å². The van der Waals surface area contributed by atoms with Gasteiger partial charge in [0, 0.05) is 25.7 Å². The fourth-order valence-corrected chi connectivity index (χ4v) is 1.92.